The van der Waals surface area contributed by atoms with Crippen LogP contribution in [-0.2, 0) is 4.79 Å². The molecule has 0 spiro atoms. The molecule has 1 fully saturated rings. The molecular formula is C22H31NO3S. The molecule has 1 aliphatic carbocycles. The molecule has 27 heavy (non-hydrogen) atoms. The minimum Gasteiger partial charge on any atom is -0.392 e. The molecule has 0 radical (unpaired) electrons. The van der Waals surface area contributed by atoms with Crippen molar-refractivity contribution in [3.05, 3.63) is 24.8 Å². The summed E-state index contributed by atoms with van der Waals surface area (Å²) in [7, 11) is 0. The second-order valence-corrected chi connectivity index (χ2v) is 8.26. The molecule has 2 aliphatic rings. The SMILES string of the molecule is C=CC12CC(O)C(/C=C/C(O)C(C)CC#CC)C1CC(CCCC(=O)S)=N2. The Morgan fingerprint density at radius 2 is 2.30 bits per heavy atom. The van der Waals surface area contributed by atoms with Gasteiger partial charge in [0.25, 0.3) is 0 Å². The molecule has 0 saturated heterocycles. The van der Waals surface area contributed by atoms with Crippen LogP contribution in [0.25, 0.3) is 0 Å². The monoisotopic (exact) mass is 389 g/mol. The lowest BCUT2D eigenvalue weighted by molar-refractivity contribution is -0.110. The summed E-state index contributed by atoms with van der Waals surface area (Å²) in [5.41, 5.74) is 0.658. The standard InChI is InChI=1S/C22H31NO3S/c1-4-6-8-15(3)19(24)12-11-17-18-13-16(9-7-10-21(26)27)23-22(18,5-2)14-20(17)25/h5,11-12,15,17-20,24-25H,2,7-10,13-14H2,1,3H3,(H,26,27)/b12-11+. The second-order valence-electron chi connectivity index (χ2n) is 7.76. The third-order valence-corrected chi connectivity index (χ3v) is 6.06. The number of aliphatic hydroxyl groups excluding tert-OH is 2. The largest absolute Gasteiger partial charge is 0.392 e. The number of hydrogen-bond acceptors (Lipinski definition) is 4. The molecule has 1 saturated carbocycles. The van der Waals surface area contributed by atoms with Crippen molar-refractivity contribution < 1.29 is 15.0 Å². The van der Waals surface area contributed by atoms with Crippen molar-refractivity contribution >= 4 is 23.5 Å². The first kappa shape index (κ1) is 21.9. The number of aliphatic imine (C=N–C) groups is 1. The maximum Gasteiger partial charge on any atom is 0.185 e. The molecule has 0 aromatic rings. The van der Waals surface area contributed by atoms with Crippen molar-refractivity contribution in [3.63, 3.8) is 0 Å². The van der Waals surface area contributed by atoms with Crippen LogP contribution in [0.2, 0.25) is 0 Å². The predicted octanol–water partition coefficient (Wildman–Crippen LogP) is 3.35. The number of hydrogen-bond donors (Lipinski definition) is 3. The highest BCUT2D eigenvalue weighted by atomic mass is 32.1. The van der Waals surface area contributed by atoms with Crippen LogP contribution in [-0.4, -0.2) is 38.8 Å². The van der Waals surface area contributed by atoms with Crippen LogP contribution < -0.4 is 0 Å². The third-order valence-electron chi connectivity index (χ3n) is 5.83. The fraction of sp³-hybridized carbons (Fsp3) is 0.636. The molecule has 0 amide bonds. The van der Waals surface area contributed by atoms with E-state index in [2.05, 4.69) is 31.0 Å². The van der Waals surface area contributed by atoms with Gasteiger partial charge in [-0.3, -0.25) is 9.79 Å². The zero-order valence-corrected chi connectivity index (χ0v) is 17.2. The van der Waals surface area contributed by atoms with Gasteiger partial charge in [0, 0.05) is 36.8 Å². The number of nitrogens with zero attached hydrogens (tertiary/aromatic N) is 1. The molecule has 0 aromatic carbocycles. The van der Waals surface area contributed by atoms with E-state index in [0.29, 0.717) is 19.3 Å². The van der Waals surface area contributed by atoms with Crippen molar-refractivity contribution in [2.24, 2.45) is 22.7 Å². The molecule has 4 nitrogen and oxygen atoms in total. The van der Waals surface area contributed by atoms with Gasteiger partial charge in [0.15, 0.2) is 5.12 Å². The summed E-state index contributed by atoms with van der Waals surface area (Å²) < 4.78 is 0. The van der Waals surface area contributed by atoms with Crippen LogP contribution in [0.4, 0.5) is 0 Å². The highest BCUT2D eigenvalue weighted by Gasteiger charge is 2.53. The zero-order chi connectivity index (χ0) is 20.0. The van der Waals surface area contributed by atoms with Crippen LogP contribution in [0.3, 0.4) is 0 Å². The Hall–Kier alpha value is -1.35. The summed E-state index contributed by atoms with van der Waals surface area (Å²) in [6.07, 6.45) is 8.51. The lowest BCUT2D eigenvalue weighted by Crippen LogP contribution is -2.26. The molecule has 6 atom stereocenters. The molecule has 6 unspecified atom stereocenters. The smallest absolute Gasteiger partial charge is 0.185 e. The number of rotatable bonds is 9. The lowest BCUT2D eigenvalue weighted by atomic mass is 9.82. The fourth-order valence-corrected chi connectivity index (χ4v) is 4.38. The number of thiol groups is 1. The summed E-state index contributed by atoms with van der Waals surface area (Å²) in [5, 5.41) is 20.8. The normalized spacial score (nSPS) is 31.7. The molecule has 5 heteroatoms. The van der Waals surface area contributed by atoms with Crippen molar-refractivity contribution in [2.45, 2.75) is 70.1 Å². The van der Waals surface area contributed by atoms with Crippen LogP contribution in [0.15, 0.2) is 29.8 Å². The van der Waals surface area contributed by atoms with E-state index < -0.39 is 17.7 Å². The Morgan fingerprint density at radius 3 is 2.93 bits per heavy atom. The quantitative estimate of drug-likeness (QED) is 0.322. The van der Waals surface area contributed by atoms with Crippen molar-refractivity contribution in [1.82, 2.24) is 0 Å². The van der Waals surface area contributed by atoms with Crippen LogP contribution in [0.5, 0.6) is 0 Å². The Labute approximate surface area is 168 Å². The van der Waals surface area contributed by atoms with E-state index in [9.17, 15) is 15.0 Å². The summed E-state index contributed by atoms with van der Waals surface area (Å²) in [4.78, 5) is 15.9. The van der Waals surface area contributed by atoms with Crippen molar-refractivity contribution in [3.8, 4) is 11.8 Å². The first-order valence-corrected chi connectivity index (χ1v) is 10.1. The number of carbonyl (C=O) groups is 1. The van der Waals surface area contributed by atoms with E-state index in [-0.39, 0.29) is 22.9 Å². The fourth-order valence-electron chi connectivity index (χ4n) is 4.22. The van der Waals surface area contributed by atoms with Gasteiger partial charge in [-0.05, 0) is 32.1 Å². The summed E-state index contributed by atoms with van der Waals surface area (Å²) in [6, 6.07) is 0. The topological polar surface area (TPSA) is 69.9 Å². The first-order chi connectivity index (χ1) is 12.8. The van der Waals surface area contributed by atoms with Gasteiger partial charge < -0.3 is 10.2 Å². The summed E-state index contributed by atoms with van der Waals surface area (Å²) in [5.74, 6) is 5.99. The van der Waals surface area contributed by atoms with E-state index in [1.54, 1.807) is 13.0 Å². The Kier molecular flexibility index (Phi) is 7.91. The van der Waals surface area contributed by atoms with Gasteiger partial charge in [0.2, 0.25) is 0 Å². The molecule has 148 valence electrons. The summed E-state index contributed by atoms with van der Waals surface area (Å²) in [6.45, 7) is 7.74. The number of aliphatic hydroxyl groups is 2. The predicted molar refractivity (Wildman–Crippen MR) is 113 cm³/mol. The molecule has 2 rings (SSSR count). The molecular weight excluding hydrogens is 358 g/mol. The van der Waals surface area contributed by atoms with Crippen LogP contribution in [0.1, 0.15) is 52.4 Å². The van der Waals surface area contributed by atoms with E-state index in [1.807, 2.05) is 19.1 Å². The average Bonchev–Trinajstić information content (AvgIpc) is 3.09. The van der Waals surface area contributed by atoms with Gasteiger partial charge in [-0.2, -0.15) is 0 Å². The van der Waals surface area contributed by atoms with Gasteiger partial charge in [-0.25, -0.2) is 0 Å². The molecule has 2 N–H and O–H groups in total. The van der Waals surface area contributed by atoms with Gasteiger partial charge in [-0.15, -0.1) is 31.0 Å². The highest BCUT2D eigenvalue weighted by Crippen LogP contribution is 2.50. The van der Waals surface area contributed by atoms with E-state index in [0.717, 1.165) is 25.0 Å². The molecule has 0 bridgehead atoms. The first-order valence-electron chi connectivity index (χ1n) is 9.70. The average molecular weight is 390 g/mol. The van der Waals surface area contributed by atoms with Gasteiger partial charge in [0.1, 0.15) is 0 Å². The molecule has 1 heterocycles. The zero-order valence-electron chi connectivity index (χ0n) is 16.3. The lowest BCUT2D eigenvalue weighted by Gasteiger charge is -2.24. The highest BCUT2D eigenvalue weighted by molar-refractivity contribution is 7.96. The number of fused-ring (bicyclic) bond motifs is 1. The maximum atomic E-state index is 11.0. The van der Waals surface area contributed by atoms with Crippen LogP contribution >= 0.6 is 12.6 Å². The Morgan fingerprint density at radius 1 is 1.56 bits per heavy atom. The Balaban J connectivity index is 2.05. The van der Waals surface area contributed by atoms with Crippen LogP contribution in [0, 0.1) is 29.6 Å². The Bertz CT molecular complexity index is 675. The van der Waals surface area contributed by atoms with E-state index in [4.69, 9.17) is 4.99 Å². The second kappa shape index (κ2) is 9.73. The molecule has 0 aromatic heterocycles. The van der Waals surface area contributed by atoms with E-state index in [1.165, 1.54) is 0 Å². The van der Waals surface area contributed by atoms with Gasteiger partial charge in [-0.1, -0.05) is 25.2 Å². The van der Waals surface area contributed by atoms with E-state index >= 15 is 0 Å². The minimum atomic E-state index is -0.583. The van der Waals surface area contributed by atoms with Crippen molar-refractivity contribution in [1.29, 1.82) is 0 Å². The van der Waals surface area contributed by atoms with Gasteiger partial charge >= 0.3 is 0 Å². The molecule has 1 aliphatic heterocycles. The minimum absolute atomic E-state index is 0.0468. The number of carbonyl (C=O) groups excluding carboxylic acids is 1. The third kappa shape index (κ3) is 5.34. The summed E-state index contributed by atoms with van der Waals surface area (Å²) >= 11 is 3.82. The van der Waals surface area contributed by atoms with Crippen molar-refractivity contribution in [2.75, 3.05) is 0 Å². The maximum absolute atomic E-state index is 11.0. The van der Waals surface area contributed by atoms with Gasteiger partial charge in [0.05, 0.1) is 17.7 Å².